The van der Waals surface area contributed by atoms with Crippen molar-refractivity contribution in [1.29, 1.82) is 0 Å². The first kappa shape index (κ1) is 13.4. The number of anilines is 2. The molecule has 2 rings (SSSR count). The maximum Gasteiger partial charge on any atom is 0.0589 e. The summed E-state index contributed by atoms with van der Waals surface area (Å²) >= 11 is 6.93. The summed E-state index contributed by atoms with van der Waals surface area (Å²) in [4.78, 5) is 0. The minimum absolute atomic E-state index is 0.194. The van der Waals surface area contributed by atoms with E-state index in [-0.39, 0.29) is 6.04 Å². The van der Waals surface area contributed by atoms with Crippen LogP contribution in [-0.4, -0.2) is 0 Å². The molecule has 0 radical (unpaired) electrons. The highest BCUT2D eigenvalue weighted by Crippen LogP contribution is 2.28. The SMILES string of the molecule is CC(Nc1cc(Br)ccc1N)c1cccc(Br)c1. The number of halogens is 2. The van der Waals surface area contributed by atoms with Crippen molar-refractivity contribution in [1.82, 2.24) is 0 Å². The van der Waals surface area contributed by atoms with Gasteiger partial charge in [-0.3, -0.25) is 0 Å². The lowest BCUT2D eigenvalue weighted by Crippen LogP contribution is -2.08. The van der Waals surface area contributed by atoms with Gasteiger partial charge in [0.05, 0.1) is 11.4 Å². The Hall–Kier alpha value is -1.00. The van der Waals surface area contributed by atoms with Crippen LogP contribution in [0.4, 0.5) is 11.4 Å². The fraction of sp³-hybridized carbons (Fsp3) is 0.143. The second-order valence-corrected chi connectivity index (χ2v) is 5.98. The second-order valence-electron chi connectivity index (χ2n) is 4.15. The molecule has 94 valence electrons. The predicted octanol–water partition coefficient (Wildman–Crippen LogP) is 4.97. The van der Waals surface area contributed by atoms with Crippen LogP contribution in [0.2, 0.25) is 0 Å². The molecule has 0 saturated carbocycles. The Bertz CT molecular complexity index is 555. The summed E-state index contributed by atoms with van der Waals surface area (Å²) in [6, 6.07) is 14.3. The molecule has 0 aromatic heterocycles. The van der Waals surface area contributed by atoms with Crippen LogP contribution in [0, 0.1) is 0 Å². The van der Waals surface area contributed by atoms with Crippen LogP contribution < -0.4 is 11.1 Å². The highest BCUT2D eigenvalue weighted by atomic mass is 79.9. The monoisotopic (exact) mass is 368 g/mol. The molecule has 0 spiro atoms. The Kier molecular flexibility index (Phi) is 4.30. The van der Waals surface area contributed by atoms with Gasteiger partial charge in [0.25, 0.3) is 0 Å². The van der Waals surface area contributed by atoms with Gasteiger partial charge in [0.2, 0.25) is 0 Å². The van der Waals surface area contributed by atoms with Crippen molar-refractivity contribution in [3.63, 3.8) is 0 Å². The van der Waals surface area contributed by atoms with E-state index in [1.54, 1.807) is 0 Å². The lowest BCUT2D eigenvalue weighted by Gasteiger charge is -2.17. The lowest BCUT2D eigenvalue weighted by molar-refractivity contribution is 0.884. The third kappa shape index (κ3) is 3.27. The van der Waals surface area contributed by atoms with Crippen LogP contribution in [-0.2, 0) is 0 Å². The number of nitrogen functional groups attached to an aromatic ring is 1. The van der Waals surface area contributed by atoms with Crippen molar-refractivity contribution in [2.45, 2.75) is 13.0 Å². The van der Waals surface area contributed by atoms with Crippen LogP contribution in [0.3, 0.4) is 0 Å². The number of rotatable bonds is 3. The predicted molar refractivity (Wildman–Crippen MR) is 84.7 cm³/mol. The van der Waals surface area contributed by atoms with E-state index in [0.29, 0.717) is 0 Å². The fourth-order valence-corrected chi connectivity index (χ4v) is 2.52. The number of hydrogen-bond acceptors (Lipinski definition) is 2. The zero-order valence-corrected chi connectivity index (χ0v) is 13.1. The highest BCUT2D eigenvalue weighted by molar-refractivity contribution is 9.10. The summed E-state index contributed by atoms with van der Waals surface area (Å²) in [5.41, 5.74) is 8.86. The Morgan fingerprint density at radius 2 is 1.78 bits per heavy atom. The molecular weight excluding hydrogens is 356 g/mol. The molecular formula is C14H14Br2N2. The second kappa shape index (κ2) is 5.76. The molecule has 2 aromatic rings. The average Bonchev–Trinajstić information content (AvgIpc) is 2.34. The number of hydrogen-bond donors (Lipinski definition) is 2. The largest absolute Gasteiger partial charge is 0.397 e. The summed E-state index contributed by atoms with van der Waals surface area (Å²) < 4.78 is 2.09. The van der Waals surface area contributed by atoms with Crippen LogP contribution in [0.1, 0.15) is 18.5 Å². The van der Waals surface area contributed by atoms with Crippen LogP contribution >= 0.6 is 31.9 Å². The molecule has 2 nitrogen and oxygen atoms in total. The van der Waals surface area contributed by atoms with Gasteiger partial charge in [-0.1, -0.05) is 44.0 Å². The smallest absolute Gasteiger partial charge is 0.0589 e. The number of benzene rings is 2. The molecule has 0 bridgehead atoms. The van der Waals surface area contributed by atoms with Crippen molar-refractivity contribution in [2.24, 2.45) is 0 Å². The van der Waals surface area contributed by atoms with Gasteiger partial charge in [0, 0.05) is 15.0 Å². The molecule has 2 aromatic carbocycles. The van der Waals surface area contributed by atoms with Gasteiger partial charge in [-0.15, -0.1) is 0 Å². The molecule has 0 heterocycles. The molecule has 0 fully saturated rings. The molecule has 0 aliphatic rings. The first-order chi connectivity index (χ1) is 8.56. The molecule has 0 saturated heterocycles. The minimum Gasteiger partial charge on any atom is -0.397 e. The van der Waals surface area contributed by atoms with E-state index in [2.05, 4.69) is 56.2 Å². The molecule has 4 heteroatoms. The zero-order valence-electron chi connectivity index (χ0n) is 9.95. The molecule has 1 atom stereocenters. The van der Waals surface area contributed by atoms with E-state index in [4.69, 9.17) is 5.73 Å². The summed E-state index contributed by atoms with van der Waals surface area (Å²) in [5.74, 6) is 0. The van der Waals surface area contributed by atoms with E-state index in [1.807, 2.05) is 30.3 Å². The Balaban J connectivity index is 2.21. The van der Waals surface area contributed by atoms with Crippen molar-refractivity contribution in [3.05, 3.63) is 57.0 Å². The number of nitrogens with two attached hydrogens (primary N) is 1. The first-order valence-corrected chi connectivity index (χ1v) is 7.22. The number of nitrogens with one attached hydrogen (secondary N) is 1. The normalized spacial score (nSPS) is 12.2. The quantitative estimate of drug-likeness (QED) is 0.749. The van der Waals surface area contributed by atoms with E-state index >= 15 is 0 Å². The molecule has 3 N–H and O–H groups in total. The summed E-state index contributed by atoms with van der Waals surface area (Å²) in [6.07, 6.45) is 0. The van der Waals surface area contributed by atoms with Crippen molar-refractivity contribution >= 4 is 43.2 Å². The maximum absolute atomic E-state index is 5.95. The van der Waals surface area contributed by atoms with Gasteiger partial charge < -0.3 is 11.1 Å². The minimum atomic E-state index is 0.194. The fourth-order valence-electron chi connectivity index (χ4n) is 1.75. The summed E-state index contributed by atoms with van der Waals surface area (Å²) in [5, 5.41) is 3.42. The van der Waals surface area contributed by atoms with Gasteiger partial charge in [0.15, 0.2) is 0 Å². The maximum atomic E-state index is 5.95. The molecule has 0 amide bonds. The van der Waals surface area contributed by atoms with Gasteiger partial charge in [-0.05, 0) is 42.8 Å². The molecule has 1 unspecified atom stereocenters. The Morgan fingerprint density at radius 3 is 2.50 bits per heavy atom. The van der Waals surface area contributed by atoms with Gasteiger partial charge in [-0.25, -0.2) is 0 Å². The topological polar surface area (TPSA) is 38.0 Å². The Labute approximate surface area is 124 Å². The van der Waals surface area contributed by atoms with Crippen LogP contribution in [0.25, 0.3) is 0 Å². The third-order valence-corrected chi connectivity index (χ3v) is 3.72. The molecule has 0 aliphatic carbocycles. The van der Waals surface area contributed by atoms with E-state index < -0.39 is 0 Å². The Morgan fingerprint density at radius 1 is 1.06 bits per heavy atom. The summed E-state index contributed by atoms with van der Waals surface area (Å²) in [7, 11) is 0. The standard InChI is InChI=1S/C14H14Br2N2/c1-9(10-3-2-4-11(15)7-10)18-14-8-12(16)5-6-13(14)17/h2-9,18H,17H2,1H3. The zero-order chi connectivity index (χ0) is 13.1. The van der Waals surface area contributed by atoms with Gasteiger partial charge in [-0.2, -0.15) is 0 Å². The van der Waals surface area contributed by atoms with Gasteiger partial charge >= 0.3 is 0 Å². The third-order valence-electron chi connectivity index (χ3n) is 2.74. The van der Waals surface area contributed by atoms with Crippen molar-refractivity contribution in [3.8, 4) is 0 Å². The molecule has 0 aliphatic heterocycles. The highest BCUT2D eigenvalue weighted by Gasteiger charge is 2.08. The summed E-state index contributed by atoms with van der Waals surface area (Å²) in [6.45, 7) is 2.11. The van der Waals surface area contributed by atoms with E-state index in [9.17, 15) is 0 Å². The first-order valence-electron chi connectivity index (χ1n) is 5.63. The van der Waals surface area contributed by atoms with Crippen molar-refractivity contribution < 1.29 is 0 Å². The van der Waals surface area contributed by atoms with E-state index in [0.717, 1.165) is 20.3 Å². The lowest BCUT2D eigenvalue weighted by atomic mass is 10.1. The van der Waals surface area contributed by atoms with Crippen LogP contribution in [0.5, 0.6) is 0 Å². The van der Waals surface area contributed by atoms with Crippen molar-refractivity contribution in [2.75, 3.05) is 11.1 Å². The average molecular weight is 370 g/mol. The molecule has 18 heavy (non-hydrogen) atoms. The van der Waals surface area contributed by atoms with E-state index in [1.165, 1.54) is 5.56 Å². The van der Waals surface area contributed by atoms with Gasteiger partial charge in [0.1, 0.15) is 0 Å². The van der Waals surface area contributed by atoms with Crippen LogP contribution in [0.15, 0.2) is 51.4 Å².